The third-order valence-corrected chi connectivity index (χ3v) is 2.76. The van der Waals surface area contributed by atoms with Gasteiger partial charge in [0, 0.05) is 12.3 Å². The zero-order valence-electron chi connectivity index (χ0n) is 10.9. The molecule has 3 nitrogen and oxygen atoms in total. The van der Waals surface area contributed by atoms with Crippen LogP contribution in [0.25, 0.3) is 0 Å². The summed E-state index contributed by atoms with van der Waals surface area (Å²) in [4.78, 5) is 11.5. The van der Waals surface area contributed by atoms with Crippen LogP contribution in [0.3, 0.4) is 0 Å². The van der Waals surface area contributed by atoms with Gasteiger partial charge in [0.2, 0.25) is 0 Å². The van der Waals surface area contributed by atoms with Gasteiger partial charge in [-0.25, -0.2) is 4.79 Å². The summed E-state index contributed by atoms with van der Waals surface area (Å²) in [6, 6.07) is 0. The van der Waals surface area contributed by atoms with E-state index < -0.39 is 0 Å². The fourth-order valence-corrected chi connectivity index (χ4v) is 1.88. The van der Waals surface area contributed by atoms with Gasteiger partial charge in [-0.2, -0.15) is 0 Å². The Morgan fingerprint density at radius 1 is 1.65 bits per heavy atom. The highest BCUT2D eigenvalue weighted by atomic mass is 16.6. The van der Waals surface area contributed by atoms with E-state index in [1.54, 1.807) is 6.08 Å². The van der Waals surface area contributed by atoms with Crippen molar-refractivity contribution in [2.75, 3.05) is 7.11 Å². The summed E-state index contributed by atoms with van der Waals surface area (Å²) in [6.07, 6.45) is 8.55. The molecule has 0 aromatic heterocycles. The molecule has 1 heterocycles. The fraction of sp³-hybridized carbons (Fsp3) is 0.500. The number of carbonyl (C=O) groups excluding carboxylic acids is 1. The summed E-state index contributed by atoms with van der Waals surface area (Å²) in [5, 5.41) is 0. The molecule has 0 N–H and O–H groups in total. The first kappa shape index (κ1) is 13.6. The molecule has 0 bridgehead atoms. The third-order valence-electron chi connectivity index (χ3n) is 2.76. The molecule has 0 aliphatic carbocycles. The van der Waals surface area contributed by atoms with Gasteiger partial charge < -0.3 is 9.47 Å². The Bertz CT molecular complexity index is 364. The maximum atomic E-state index is 11.5. The van der Waals surface area contributed by atoms with Crippen LogP contribution in [0.15, 0.2) is 35.6 Å². The zero-order chi connectivity index (χ0) is 12.8. The third kappa shape index (κ3) is 3.77. The van der Waals surface area contributed by atoms with E-state index in [-0.39, 0.29) is 18.0 Å². The lowest BCUT2D eigenvalue weighted by molar-refractivity contribution is -0.151. The maximum absolute atomic E-state index is 11.5. The lowest BCUT2D eigenvalue weighted by atomic mass is 9.97. The van der Waals surface area contributed by atoms with Crippen molar-refractivity contribution >= 4 is 5.97 Å². The number of rotatable bonds is 4. The van der Waals surface area contributed by atoms with E-state index in [0.29, 0.717) is 12.2 Å². The molecule has 0 aromatic carbocycles. The quantitative estimate of drug-likeness (QED) is 0.556. The Morgan fingerprint density at radius 2 is 2.35 bits per heavy atom. The van der Waals surface area contributed by atoms with Crippen molar-refractivity contribution in [2.45, 2.75) is 33.3 Å². The minimum atomic E-state index is -0.368. The highest BCUT2D eigenvalue weighted by molar-refractivity contribution is 5.87. The number of hydrogen-bond acceptors (Lipinski definition) is 3. The number of hydrogen-bond donors (Lipinski definition) is 0. The van der Waals surface area contributed by atoms with Gasteiger partial charge in [-0.1, -0.05) is 30.7 Å². The Balaban J connectivity index is 2.68. The van der Waals surface area contributed by atoms with Crippen LogP contribution in [0.2, 0.25) is 0 Å². The van der Waals surface area contributed by atoms with Crippen LogP contribution in [-0.4, -0.2) is 19.2 Å². The van der Waals surface area contributed by atoms with Gasteiger partial charge in [0.15, 0.2) is 5.76 Å². The summed E-state index contributed by atoms with van der Waals surface area (Å²) in [5.74, 6) is 0.139. The van der Waals surface area contributed by atoms with Crippen molar-refractivity contribution in [3.8, 4) is 0 Å². The Morgan fingerprint density at radius 3 is 2.88 bits per heavy atom. The average molecular weight is 236 g/mol. The van der Waals surface area contributed by atoms with Crippen LogP contribution in [0, 0.1) is 5.92 Å². The lowest BCUT2D eigenvalue weighted by Crippen LogP contribution is -2.29. The Hall–Kier alpha value is -1.51. The van der Waals surface area contributed by atoms with Crippen molar-refractivity contribution in [1.82, 2.24) is 0 Å². The molecule has 0 spiro atoms. The average Bonchev–Trinajstić information content (AvgIpc) is 2.29. The molecule has 17 heavy (non-hydrogen) atoms. The molecule has 3 heteroatoms. The molecule has 0 unspecified atom stereocenters. The van der Waals surface area contributed by atoms with Crippen LogP contribution in [0.1, 0.15) is 27.2 Å². The maximum Gasteiger partial charge on any atom is 0.373 e. The van der Waals surface area contributed by atoms with Gasteiger partial charge in [0.25, 0.3) is 0 Å². The van der Waals surface area contributed by atoms with Gasteiger partial charge in [0.1, 0.15) is 6.10 Å². The van der Waals surface area contributed by atoms with E-state index in [9.17, 15) is 4.79 Å². The molecular formula is C14H20O3. The normalized spacial score (nSPS) is 23.3. The number of methoxy groups -OCH3 is 1. The molecule has 0 radical (unpaired) electrons. The molecule has 0 amide bonds. The monoisotopic (exact) mass is 236 g/mol. The van der Waals surface area contributed by atoms with E-state index in [2.05, 4.69) is 13.0 Å². The highest BCUT2D eigenvalue weighted by Crippen LogP contribution is 2.22. The molecule has 0 aromatic rings. The largest absolute Gasteiger partial charge is 0.490 e. The first-order valence-corrected chi connectivity index (χ1v) is 5.84. The minimum absolute atomic E-state index is 0.0957. The van der Waals surface area contributed by atoms with Gasteiger partial charge in [-0.05, 0) is 19.9 Å². The van der Waals surface area contributed by atoms with Crippen molar-refractivity contribution in [3.05, 3.63) is 35.6 Å². The van der Waals surface area contributed by atoms with E-state index in [1.165, 1.54) is 12.7 Å². The van der Waals surface area contributed by atoms with Crippen LogP contribution in [-0.2, 0) is 14.3 Å². The number of esters is 1. The molecule has 1 aliphatic rings. The number of carbonyl (C=O) groups is 1. The van der Waals surface area contributed by atoms with Gasteiger partial charge in [-0.15, -0.1) is 0 Å². The number of ether oxygens (including phenoxy) is 2. The molecular weight excluding hydrogens is 216 g/mol. The van der Waals surface area contributed by atoms with Crippen molar-refractivity contribution < 1.29 is 14.3 Å². The summed E-state index contributed by atoms with van der Waals surface area (Å²) < 4.78 is 10.2. The molecule has 1 rings (SSSR count). The lowest BCUT2D eigenvalue weighted by Gasteiger charge is -2.25. The zero-order valence-corrected chi connectivity index (χ0v) is 10.9. The predicted octanol–water partition coefficient (Wildman–Crippen LogP) is 2.99. The second-order valence-electron chi connectivity index (χ2n) is 4.22. The Kier molecular flexibility index (Phi) is 5.01. The van der Waals surface area contributed by atoms with Crippen LogP contribution < -0.4 is 0 Å². The van der Waals surface area contributed by atoms with E-state index in [1.807, 2.05) is 26.0 Å². The fourth-order valence-electron chi connectivity index (χ4n) is 1.88. The molecule has 1 aliphatic heterocycles. The second-order valence-corrected chi connectivity index (χ2v) is 4.22. The summed E-state index contributed by atoms with van der Waals surface area (Å²) >= 11 is 0. The number of cyclic esters (lactones) is 1. The molecule has 0 saturated carbocycles. The van der Waals surface area contributed by atoms with Gasteiger partial charge in [-0.3, -0.25) is 0 Å². The summed E-state index contributed by atoms with van der Waals surface area (Å²) in [5.41, 5.74) is 1.18. The van der Waals surface area contributed by atoms with E-state index >= 15 is 0 Å². The van der Waals surface area contributed by atoms with Crippen LogP contribution >= 0.6 is 0 Å². The topological polar surface area (TPSA) is 35.5 Å². The summed E-state index contributed by atoms with van der Waals surface area (Å²) in [6.45, 7) is 6.07. The van der Waals surface area contributed by atoms with Crippen LogP contribution in [0.5, 0.6) is 0 Å². The van der Waals surface area contributed by atoms with Crippen molar-refractivity contribution in [3.63, 3.8) is 0 Å². The summed E-state index contributed by atoms with van der Waals surface area (Å²) in [7, 11) is 1.48. The molecule has 0 saturated heterocycles. The Labute approximate surface area is 103 Å². The molecule has 2 atom stereocenters. The second kappa shape index (κ2) is 6.28. The first-order chi connectivity index (χ1) is 8.08. The number of allylic oxidation sites excluding steroid dienone is 3. The minimum Gasteiger partial charge on any atom is -0.490 e. The van der Waals surface area contributed by atoms with E-state index in [0.717, 1.165) is 0 Å². The highest BCUT2D eigenvalue weighted by Gasteiger charge is 2.26. The van der Waals surface area contributed by atoms with E-state index in [4.69, 9.17) is 9.47 Å². The van der Waals surface area contributed by atoms with Gasteiger partial charge >= 0.3 is 5.97 Å². The van der Waals surface area contributed by atoms with Gasteiger partial charge in [0.05, 0.1) is 7.11 Å². The predicted molar refractivity (Wildman–Crippen MR) is 67.3 cm³/mol. The molecule has 0 fully saturated rings. The van der Waals surface area contributed by atoms with Crippen LogP contribution in [0.4, 0.5) is 0 Å². The smallest absolute Gasteiger partial charge is 0.373 e. The molecule has 94 valence electrons. The SMILES string of the molecule is CC=CC(C)=C[C@H](C)[C@@H]1CC=C(OC)C(=O)O1. The van der Waals surface area contributed by atoms with Crippen molar-refractivity contribution in [1.29, 1.82) is 0 Å². The van der Waals surface area contributed by atoms with Crippen molar-refractivity contribution in [2.24, 2.45) is 5.92 Å². The first-order valence-electron chi connectivity index (χ1n) is 5.84. The standard InChI is InChI=1S/C14H20O3/c1-5-6-10(2)9-11(3)12-7-8-13(16-4)14(15)17-12/h5-6,8-9,11-12H,7H2,1-4H3/t11-,12-/m0/s1.